The van der Waals surface area contributed by atoms with Crippen LogP contribution in [0.2, 0.25) is 0 Å². The molecule has 0 aromatic rings. The van der Waals surface area contributed by atoms with Gasteiger partial charge in [-0.25, -0.2) is 0 Å². The molecule has 0 radical (unpaired) electrons. The van der Waals surface area contributed by atoms with Crippen LogP contribution in [0.4, 0.5) is 0 Å². The Balaban J connectivity index is 2.71. The molecule has 1 heterocycles. The quantitative estimate of drug-likeness (QED) is 0.248. The van der Waals surface area contributed by atoms with E-state index in [1.54, 1.807) is 6.92 Å². The molecule has 0 aromatic heterocycles. The second-order valence-electron chi connectivity index (χ2n) is 6.20. The van der Waals surface area contributed by atoms with Crippen molar-refractivity contribution < 1.29 is 40.2 Å². The molecule has 0 spiro atoms. The number of aliphatic hydroxyl groups is 6. The highest BCUT2D eigenvalue weighted by atomic mass is 16.5. The van der Waals surface area contributed by atoms with Gasteiger partial charge in [-0.3, -0.25) is 4.79 Å². The summed E-state index contributed by atoms with van der Waals surface area (Å²) in [6, 6.07) is -0.759. The lowest BCUT2D eigenvalue weighted by atomic mass is 9.90. The van der Waals surface area contributed by atoms with Gasteiger partial charge in [0.2, 0.25) is 5.91 Å². The van der Waals surface area contributed by atoms with E-state index >= 15 is 0 Å². The number of ether oxygens (including phenoxy) is 1. The summed E-state index contributed by atoms with van der Waals surface area (Å²) in [5, 5.41) is 60.8. The Morgan fingerprint density at radius 1 is 1.12 bits per heavy atom. The highest BCUT2D eigenvalue weighted by molar-refractivity contribution is 5.75. The number of hydrogen-bond donors (Lipinski definition) is 7. The molecule has 0 saturated carbocycles. The summed E-state index contributed by atoms with van der Waals surface area (Å²) in [5.41, 5.74) is 0. The van der Waals surface area contributed by atoms with Gasteiger partial charge in [0.1, 0.15) is 24.4 Å². The predicted octanol–water partition coefficient (Wildman–Crippen LogP) is -2.75. The van der Waals surface area contributed by atoms with E-state index in [9.17, 15) is 30.3 Å². The molecule has 7 N–H and O–H groups in total. The smallest absolute Gasteiger partial charge is 0.220 e. The first kappa shape index (κ1) is 21.2. The summed E-state index contributed by atoms with van der Waals surface area (Å²) in [6.07, 6.45) is -7.90. The van der Waals surface area contributed by atoms with Crippen LogP contribution in [0.5, 0.6) is 0 Å². The third kappa shape index (κ3) is 5.35. The number of hydrogen-bond acceptors (Lipinski definition) is 8. The number of carbonyl (C=O) groups excluding carboxylic acids is 1. The van der Waals surface area contributed by atoms with Gasteiger partial charge in [-0.2, -0.15) is 0 Å². The molecule has 0 aliphatic carbocycles. The largest absolute Gasteiger partial charge is 0.394 e. The monoisotopic (exact) mass is 351 g/mol. The average molecular weight is 351 g/mol. The van der Waals surface area contributed by atoms with Crippen LogP contribution in [-0.2, 0) is 9.53 Å². The number of aliphatic hydroxyl groups excluding tert-OH is 6. The Kier molecular flexibility index (Phi) is 8.51. The van der Waals surface area contributed by atoms with Crippen molar-refractivity contribution in [2.24, 2.45) is 0 Å². The van der Waals surface area contributed by atoms with Gasteiger partial charge in [-0.05, 0) is 19.8 Å². The molecule has 9 nitrogen and oxygen atoms in total. The molecule has 1 saturated heterocycles. The number of amides is 1. The molecule has 1 fully saturated rings. The van der Waals surface area contributed by atoms with E-state index in [0.29, 0.717) is 0 Å². The van der Waals surface area contributed by atoms with E-state index in [0.717, 1.165) is 0 Å². The van der Waals surface area contributed by atoms with E-state index < -0.39 is 55.4 Å². The summed E-state index contributed by atoms with van der Waals surface area (Å²) in [4.78, 5) is 11.6. The average Bonchev–Trinajstić information content (AvgIpc) is 2.56. The van der Waals surface area contributed by atoms with Crippen LogP contribution in [0.15, 0.2) is 0 Å². The highest BCUT2D eigenvalue weighted by Gasteiger charge is 2.43. The maximum atomic E-state index is 11.6. The maximum absolute atomic E-state index is 11.6. The SMILES string of the molecule is CCC(=O)N[C@H](CCC1OC(CO)C(O)C(O)C1O)[C@H](O)[C@H](C)O. The lowest BCUT2D eigenvalue weighted by Gasteiger charge is -2.40. The van der Waals surface area contributed by atoms with Gasteiger partial charge < -0.3 is 40.7 Å². The zero-order chi connectivity index (χ0) is 18.4. The third-order valence-corrected chi connectivity index (χ3v) is 4.33. The van der Waals surface area contributed by atoms with Crippen molar-refractivity contribution in [2.45, 2.75) is 81.9 Å². The van der Waals surface area contributed by atoms with Crippen molar-refractivity contribution in [3.63, 3.8) is 0 Å². The second kappa shape index (κ2) is 9.62. The molecule has 1 aliphatic heterocycles. The molecule has 1 rings (SSSR count). The molecule has 9 heteroatoms. The van der Waals surface area contributed by atoms with Crippen LogP contribution in [-0.4, -0.2) is 91.9 Å². The van der Waals surface area contributed by atoms with Gasteiger partial charge in [0.05, 0.1) is 31.0 Å². The Morgan fingerprint density at radius 2 is 1.71 bits per heavy atom. The Bertz CT molecular complexity index is 392. The number of nitrogens with one attached hydrogen (secondary N) is 1. The molecule has 142 valence electrons. The molecule has 0 aromatic carbocycles. The topological polar surface area (TPSA) is 160 Å². The van der Waals surface area contributed by atoms with Crippen molar-refractivity contribution in [3.8, 4) is 0 Å². The van der Waals surface area contributed by atoms with E-state index in [2.05, 4.69) is 5.32 Å². The molecule has 8 atom stereocenters. The van der Waals surface area contributed by atoms with E-state index in [4.69, 9.17) is 9.84 Å². The molecule has 1 amide bonds. The minimum Gasteiger partial charge on any atom is -0.394 e. The Labute approximate surface area is 140 Å². The van der Waals surface area contributed by atoms with Gasteiger partial charge in [0.25, 0.3) is 0 Å². The van der Waals surface area contributed by atoms with Crippen LogP contribution in [0.3, 0.4) is 0 Å². The zero-order valence-electron chi connectivity index (χ0n) is 13.9. The first-order chi connectivity index (χ1) is 11.2. The Hall–Kier alpha value is -0.810. The number of rotatable bonds is 8. The van der Waals surface area contributed by atoms with Crippen LogP contribution in [0, 0.1) is 0 Å². The summed E-state index contributed by atoms with van der Waals surface area (Å²) < 4.78 is 5.39. The van der Waals surface area contributed by atoms with E-state index in [1.165, 1.54) is 6.92 Å². The number of carbonyl (C=O) groups is 1. The van der Waals surface area contributed by atoms with Gasteiger partial charge in [0.15, 0.2) is 0 Å². The minimum absolute atomic E-state index is 0.139. The fraction of sp³-hybridized carbons (Fsp3) is 0.933. The molecular formula is C15H29NO8. The van der Waals surface area contributed by atoms with E-state index in [-0.39, 0.29) is 25.2 Å². The standard InChI is InChI=1S/C15H29NO8/c1-3-11(19)16-8(12(20)7(2)18)4-5-9-13(21)15(23)14(22)10(6-17)24-9/h7-10,12-15,17-18,20-23H,3-6H2,1-2H3,(H,16,19)/t7-,8+,9?,10?,12+,13?,14?,15?/m0/s1. The van der Waals surface area contributed by atoms with Crippen molar-refractivity contribution in [3.05, 3.63) is 0 Å². The van der Waals surface area contributed by atoms with Crippen LogP contribution < -0.4 is 5.32 Å². The van der Waals surface area contributed by atoms with E-state index in [1.807, 2.05) is 0 Å². The Morgan fingerprint density at radius 3 is 2.21 bits per heavy atom. The first-order valence-electron chi connectivity index (χ1n) is 8.18. The first-order valence-corrected chi connectivity index (χ1v) is 8.18. The van der Waals surface area contributed by atoms with Crippen molar-refractivity contribution in [1.29, 1.82) is 0 Å². The lowest BCUT2D eigenvalue weighted by molar-refractivity contribution is -0.231. The summed E-state index contributed by atoms with van der Waals surface area (Å²) in [7, 11) is 0. The van der Waals surface area contributed by atoms with Crippen molar-refractivity contribution >= 4 is 5.91 Å². The minimum atomic E-state index is -1.47. The van der Waals surface area contributed by atoms with Crippen molar-refractivity contribution in [2.75, 3.05) is 6.61 Å². The molecule has 1 aliphatic rings. The predicted molar refractivity (Wildman–Crippen MR) is 82.9 cm³/mol. The van der Waals surface area contributed by atoms with Crippen LogP contribution >= 0.6 is 0 Å². The molecule has 0 bridgehead atoms. The normalized spacial score (nSPS) is 34.4. The summed E-state index contributed by atoms with van der Waals surface area (Å²) in [6.45, 7) is 2.52. The van der Waals surface area contributed by atoms with Gasteiger partial charge in [-0.15, -0.1) is 0 Å². The summed E-state index contributed by atoms with van der Waals surface area (Å²) in [5.74, 6) is -0.298. The van der Waals surface area contributed by atoms with Crippen LogP contribution in [0.1, 0.15) is 33.1 Å². The fourth-order valence-electron chi connectivity index (χ4n) is 2.73. The maximum Gasteiger partial charge on any atom is 0.220 e. The second-order valence-corrected chi connectivity index (χ2v) is 6.20. The lowest BCUT2D eigenvalue weighted by Crippen LogP contribution is -2.58. The highest BCUT2D eigenvalue weighted by Crippen LogP contribution is 2.25. The molecule has 5 unspecified atom stereocenters. The fourth-order valence-corrected chi connectivity index (χ4v) is 2.73. The molecular weight excluding hydrogens is 322 g/mol. The molecule has 24 heavy (non-hydrogen) atoms. The van der Waals surface area contributed by atoms with Gasteiger partial charge >= 0.3 is 0 Å². The van der Waals surface area contributed by atoms with Gasteiger partial charge in [-0.1, -0.05) is 6.92 Å². The zero-order valence-corrected chi connectivity index (χ0v) is 13.9. The van der Waals surface area contributed by atoms with Crippen LogP contribution in [0.25, 0.3) is 0 Å². The third-order valence-electron chi connectivity index (χ3n) is 4.33. The van der Waals surface area contributed by atoms with Gasteiger partial charge in [0, 0.05) is 6.42 Å². The van der Waals surface area contributed by atoms with Crippen molar-refractivity contribution in [1.82, 2.24) is 5.32 Å². The summed E-state index contributed by atoms with van der Waals surface area (Å²) >= 11 is 0.